The van der Waals surface area contributed by atoms with Gasteiger partial charge in [0.15, 0.2) is 0 Å². The number of rotatable bonds is 6. The van der Waals surface area contributed by atoms with Crippen molar-refractivity contribution in [2.45, 2.75) is 25.5 Å². The first-order chi connectivity index (χ1) is 10.8. The molecule has 2 aromatic rings. The zero-order valence-corrected chi connectivity index (χ0v) is 14.3. The molecule has 0 amide bonds. The second-order valence-electron chi connectivity index (χ2n) is 5.49. The van der Waals surface area contributed by atoms with E-state index in [0.29, 0.717) is 12.6 Å². The lowest BCUT2D eigenvalue weighted by molar-refractivity contribution is -0.00000511. The summed E-state index contributed by atoms with van der Waals surface area (Å²) in [5.41, 5.74) is 1.09. The van der Waals surface area contributed by atoms with Crippen molar-refractivity contribution in [1.29, 1.82) is 0 Å². The molecule has 0 spiro atoms. The van der Waals surface area contributed by atoms with Crippen molar-refractivity contribution >= 4 is 11.6 Å². The van der Waals surface area contributed by atoms with E-state index < -0.39 is 0 Å². The minimum absolute atomic E-state index is 0. The van der Waals surface area contributed by atoms with Crippen molar-refractivity contribution in [3.05, 3.63) is 59.1 Å². The highest BCUT2D eigenvalue weighted by Crippen LogP contribution is 2.20. The van der Waals surface area contributed by atoms with E-state index in [1.54, 1.807) is 0 Å². The largest absolute Gasteiger partial charge is 1.00 e. The van der Waals surface area contributed by atoms with Crippen LogP contribution in [-0.4, -0.2) is 19.2 Å². The molecule has 1 fully saturated rings. The lowest BCUT2D eigenvalue weighted by atomic mass is 10.2. The zero-order valence-electron chi connectivity index (χ0n) is 13.8. The molecule has 1 saturated heterocycles. The highest BCUT2D eigenvalue weighted by atomic mass is 35.5. The van der Waals surface area contributed by atoms with Crippen LogP contribution in [-0.2, 0) is 6.61 Å². The van der Waals surface area contributed by atoms with Gasteiger partial charge in [-0.3, -0.25) is 0 Å². The molecule has 124 valence electrons. The van der Waals surface area contributed by atoms with E-state index in [1.807, 2.05) is 48.5 Å². The molecule has 3 nitrogen and oxygen atoms in total. The third kappa shape index (κ3) is 5.61. The summed E-state index contributed by atoms with van der Waals surface area (Å²) in [5, 5.41) is 4.16. The van der Waals surface area contributed by atoms with E-state index in [-0.39, 0.29) is 13.8 Å². The first-order valence-corrected chi connectivity index (χ1v) is 8.01. The summed E-state index contributed by atoms with van der Waals surface area (Å²) in [5.74, 6) is 1.72. The molecule has 0 radical (unpaired) electrons. The van der Waals surface area contributed by atoms with Gasteiger partial charge in [-0.05, 0) is 61.3 Å². The Balaban J connectivity index is 0.00000144. The Morgan fingerprint density at radius 2 is 1.65 bits per heavy atom. The number of halogens is 2. The third-order valence-electron chi connectivity index (χ3n) is 3.76. The second kappa shape index (κ2) is 9.02. The van der Waals surface area contributed by atoms with Gasteiger partial charge in [-0.15, -0.1) is 0 Å². The van der Waals surface area contributed by atoms with Crippen LogP contribution in [0, 0.1) is 0 Å². The summed E-state index contributed by atoms with van der Waals surface area (Å²) >= 11 is 5.86. The van der Waals surface area contributed by atoms with E-state index in [4.69, 9.17) is 21.1 Å². The SMILES string of the molecule is Clc1ccc(COc2ccc(OC[C@H]3CCCN3)cc2)cc1.[Cl-].[H+]. The highest BCUT2D eigenvalue weighted by Gasteiger charge is 2.14. The van der Waals surface area contributed by atoms with Gasteiger partial charge in [0.25, 0.3) is 0 Å². The van der Waals surface area contributed by atoms with Crippen LogP contribution in [0.2, 0.25) is 5.02 Å². The maximum atomic E-state index is 5.86. The molecule has 5 heteroatoms. The first kappa shape index (κ1) is 17.9. The minimum atomic E-state index is 0. The van der Waals surface area contributed by atoms with Crippen LogP contribution in [0.15, 0.2) is 48.5 Å². The molecule has 1 heterocycles. The lowest BCUT2D eigenvalue weighted by Crippen LogP contribution is -3.00. The molecule has 0 aromatic heterocycles. The highest BCUT2D eigenvalue weighted by molar-refractivity contribution is 6.30. The standard InChI is InChI=1S/C18H20ClNO2.ClH/c19-15-5-3-14(4-6-15)12-21-17-7-9-18(10-8-17)22-13-16-2-1-11-20-16;/h3-10,16,20H,1-2,11-13H2;1H/t16-;/m1./s1. The molecule has 23 heavy (non-hydrogen) atoms. The van der Waals surface area contributed by atoms with E-state index in [0.717, 1.165) is 35.2 Å². The quantitative estimate of drug-likeness (QED) is 0.845. The summed E-state index contributed by atoms with van der Waals surface area (Å²) in [6, 6.07) is 15.9. The van der Waals surface area contributed by atoms with Crippen LogP contribution in [0.4, 0.5) is 0 Å². The lowest BCUT2D eigenvalue weighted by Gasteiger charge is -2.12. The van der Waals surface area contributed by atoms with Crippen molar-refractivity contribution in [2.75, 3.05) is 13.2 Å². The predicted molar refractivity (Wildman–Crippen MR) is 89.9 cm³/mol. The van der Waals surface area contributed by atoms with Gasteiger partial charge >= 0.3 is 1.43 Å². The van der Waals surface area contributed by atoms with Crippen molar-refractivity contribution in [3.63, 3.8) is 0 Å². The molecular weight excluding hydrogens is 333 g/mol. The van der Waals surface area contributed by atoms with E-state index in [2.05, 4.69) is 5.32 Å². The Morgan fingerprint density at radius 1 is 1.00 bits per heavy atom. The molecule has 0 unspecified atom stereocenters. The number of benzene rings is 2. The molecule has 1 aliphatic rings. The Morgan fingerprint density at radius 3 is 2.26 bits per heavy atom. The Hall–Kier alpha value is -1.42. The molecule has 3 rings (SSSR count). The van der Waals surface area contributed by atoms with Crippen molar-refractivity contribution < 1.29 is 23.3 Å². The molecule has 1 N–H and O–H groups in total. The van der Waals surface area contributed by atoms with Gasteiger partial charge in [-0.25, -0.2) is 0 Å². The fourth-order valence-electron chi connectivity index (χ4n) is 2.48. The van der Waals surface area contributed by atoms with Gasteiger partial charge in [0.05, 0.1) is 0 Å². The fraction of sp³-hybridized carbons (Fsp3) is 0.333. The number of ether oxygens (including phenoxy) is 2. The molecule has 1 atom stereocenters. The summed E-state index contributed by atoms with van der Waals surface area (Å²) in [4.78, 5) is 0. The molecule has 0 bridgehead atoms. The van der Waals surface area contributed by atoms with Crippen LogP contribution in [0.25, 0.3) is 0 Å². The average molecular weight is 354 g/mol. The van der Waals surface area contributed by atoms with Crippen LogP contribution in [0.5, 0.6) is 11.5 Å². The van der Waals surface area contributed by atoms with Gasteiger partial charge in [-0.1, -0.05) is 23.7 Å². The van der Waals surface area contributed by atoms with Crippen LogP contribution in [0.3, 0.4) is 0 Å². The molecule has 0 aliphatic carbocycles. The predicted octanol–water partition coefficient (Wildman–Crippen LogP) is 1.17. The van der Waals surface area contributed by atoms with Crippen molar-refractivity contribution in [1.82, 2.24) is 5.32 Å². The summed E-state index contributed by atoms with van der Waals surface area (Å²) < 4.78 is 11.5. The van der Waals surface area contributed by atoms with E-state index in [9.17, 15) is 0 Å². The van der Waals surface area contributed by atoms with Gasteiger partial charge in [0, 0.05) is 11.1 Å². The summed E-state index contributed by atoms with van der Waals surface area (Å²) in [6.45, 7) is 2.36. The maximum Gasteiger partial charge on any atom is 1.00 e. The van der Waals surface area contributed by atoms with Crippen LogP contribution >= 0.6 is 11.6 Å². The van der Waals surface area contributed by atoms with Crippen LogP contribution in [0.1, 0.15) is 19.8 Å². The number of hydrogen-bond donors (Lipinski definition) is 1. The van der Waals surface area contributed by atoms with Gasteiger partial charge in [0.2, 0.25) is 0 Å². The first-order valence-electron chi connectivity index (χ1n) is 7.63. The van der Waals surface area contributed by atoms with Gasteiger partial charge in [-0.2, -0.15) is 0 Å². The Kier molecular flexibility index (Phi) is 7.03. The van der Waals surface area contributed by atoms with Gasteiger partial charge in [0.1, 0.15) is 24.7 Å². The second-order valence-corrected chi connectivity index (χ2v) is 5.93. The zero-order chi connectivity index (χ0) is 15.2. The number of nitrogens with one attached hydrogen (secondary N) is 1. The normalized spacial score (nSPS) is 16.7. The van der Waals surface area contributed by atoms with Crippen molar-refractivity contribution in [3.8, 4) is 11.5 Å². The monoisotopic (exact) mass is 353 g/mol. The topological polar surface area (TPSA) is 30.5 Å². The van der Waals surface area contributed by atoms with Crippen molar-refractivity contribution in [2.24, 2.45) is 0 Å². The van der Waals surface area contributed by atoms with Crippen LogP contribution < -0.4 is 27.2 Å². The molecule has 1 aliphatic heterocycles. The molecular formula is C18H21Cl2NO2. The minimum Gasteiger partial charge on any atom is -1.00 e. The summed E-state index contributed by atoms with van der Waals surface area (Å²) in [6.07, 6.45) is 2.44. The maximum absolute atomic E-state index is 5.86. The Labute approximate surface area is 149 Å². The molecule has 2 aromatic carbocycles. The summed E-state index contributed by atoms with van der Waals surface area (Å²) in [7, 11) is 0. The smallest absolute Gasteiger partial charge is 1.00 e. The molecule has 0 saturated carbocycles. The Bertz CT molecular complexity index is 587. The average Bonchev–Trinajstić information content (AvgIpc) is 3.07. The van der Waals surface area contributed by atoms with E-state index in [1.165, 1.54) is 12.8 Å². The third-order valence-corrected chi connectivity index (χ3v) is 4.01. The van der Waals surface area contributed by atoms with Gasteiger partial charge < -0.3 is 27.2 Å². The van der Waals surface area contributed by atoms with E-state index >= 15 is 0 Å². The fourth-order valence-corrected chi connectivity index (χ4v) is 2.60. The number of hydrogen-bond acceptors (Lipinski definition) is 3.